The number of H-pyrrole nitrogens is 1. The molecule has 9 aromatic carbocycles. The van der Waals surface area contributed by atoms with E-state index in [1.165, 1.54) is 66.8 Å². The van der Waals surface area contributed by atoms with Gasteiger partial charge in [-0.15, -0.1) is 34.4 Å². The molecule has 0 fully saturated rings. The van der Waals surface area contributed by atoms with Crippen LogP contribution in [-0.2, 0) is 76.3 Å². The number of carbonyl (C=O) groups is 5. The van der Waals surface area contributed by atoms with Crippen molar-refractivity contribution in [1.82, 2.24) is 30.0 Å². The number of amides is 1. The minimum Gasteiger partial charge on any atom is -0.496 e. The van der Waals surface area contributed by atoms with Gasteiger partial charge in [-0.3, -0.25) is 14.6 Å². The molecule has 23 nitrogen and oxygen atoms in total. The van der Waals surface area contributed by atoms with E-state index >= 15 is 0 Å². The number of benzene rings is 9. The number of carboxylic acids is 4. The molecule has 0 radical (unpaired) electrons. The van der Waals surface area contributed by atoms with Crippen LogP contribution in [0.2, 0.25) is 0 Å². The number of nitrogens with one attached hydrogen (secondary N) is 2. The number of aliphatic carboxylic acids is 4. The van der Waals surface area contributed by atoms with Gasteiger partial charge in [-0.25, -0.2) is 38.2 Å². The SMILES string of the molecule is CC[C@@H](Cc1ccc(OC)c(C(=O)NCc2ccc(Oc3ccc(F)cc3)cc2)c1)C(=O)O.Cc1cc(SCc2sc(-c3ccc(C(F)(F)F)cc3)nc2C)ccc1OCC(=O)O.Cc1ccc(Cn2nc(CCCc3ccc(OC(C)(C)C(=O)O)cc3)[nH]c2=O)cc1.Cc1oc(-c2cccs2)nc1CCOc1ccc(C[C@](C)(Oc2ccccc2)C(=O)O)cc1. The quantitative estimate of drug-likeness (QED) is 0.0157. The number of aromatic amines is 1. The maximum absolute atomic E-state index is 13.0. The number of halogens is 4. The molecule has 0 aliphatic heterocycles. The summed E-state index contributed by atoms with van der Waals surface area (Å²) >= 11 is 4.65. The zero-order valence-electron chi connectivity index (χ0n) is 70.6. The Kier molecular flexibility index (Phi) is 33.8. The molecule has 4 aromatic heterocycles. The number of carboxylic acid groups (broad SMARTS) is 4. The fraction of sp³-hybridized carbons (Fsp3) is 0.260. The van der Waals surface area contributed by atoms with Crippen LogP contribution in [0.15, 0.2) is 244 Å². The van der Waals surface area contributed by atoms with Gasteiger partial charge in [0.25, 0.3) is 5.91 Å². The fourth-order valence-electron chi connectivity index (χ4n) is 12.4. The Morgan fingerprint density at radius 3 is 1.89 bits per heavy atom. The Hall–Kier alpha value is -13.3. The number of rotatable bonds is 36. The summed E-state index contributed by atoms with van der Waals surface area (Å²) in [5.41, 5.74) is 5.84. The number of para-hydroxylation sites is 1. The van der Waals surface area contributed by atoms with E-state index in [-0.39, 0.29) is 37.0 Å². The first-order valence-corrected chi connectivity index (χ1v) is 42.7. The first-order chi connectivity index (χ1) is 60.2. The molecule has 0 aliphatic carbocycles. The van der Waals surface area contributed by atoms with Crippen LogP contribution in [0.1, 0.15) is 123 Å². The molecule has 0 saturated carbocycles. The van der Waals surface area contributed by atoms with Crippen molar-refractivity contribution in [3.05, 3.63) is 324 Å². The molecule has 13 rings (SSSR count). The largest absolute Gasteiger partial charge is 0.496 e. The van der Waals surface area contributed by atoms with Crippen molar-refractivity contribution in [2.45, 2.75) is 141 Å². The zero-order chi connectivity index (χ0) is 90.7. The minimum absolute atomic E-state index is 0.201. The van der Waals surface area contributed by atoms with Crippen molar-refractivity contribution in [2.24, 2.45) is 5.92 Å². The number of oxazole rings is 1. The third kappa shape index (κ3) is 28.6. The second-order valence-electron chi connectivity index (χ2n) is 29.9. The Bertz CT molecular complexity index is 5810. The molecule has 658 valence electrons. The Labute approximate surface area is 738 Å². The zero-order valence-corrected chi connectivity index (χ0v) is 73.1. The van der Waals surface area contributed by atoms with Crippen molar-refractivity contribution < 1.29 is 94.8 Å². The van der Waals surface area contributed by atoms with Crippen LogP contribution in [0.5, 0.6) is 40.2 Å². The third-order valence-electron chi connectivity index (χ3n) is 19.6. The molecule has 0 aliphatic rings. The van der Waals surface area contributed by atoms with E-state index in [2.05, 4.69) is 25.4 Å². The van der Waals surface area contributed by atoms with Crippen molar-refractivity contribution in [3.8, 4) is 61.6 Å². The third-order valence-corrected chi connectivity index (χ3v) is 22.9. The van der Waals surface area contributed by atoms with Crippen LogP contribution in [-0.4, -0.2) is 106 Å². The van der Waals surface area contributed by atoms with Gasteiger partial charge in [0, 0.05) is 46.9 Å². The summed E-state index contributed by atoms with van der Waals surface area (Å²) in [6, 6.07) is 64.4. The molecule has 13 aromatic rings. The van der Waals surface area contributed by atoms with Crippen molar-refractivity contribution >= 4 is 64.2 Å². The highest BCUT2D eigenvalue weighted by molar-refractivity contribution is 7.98. The lowest BCUT2D eigenvalue weighted by Crippen LogP contribution is -2.43. The highest BCUT2D eigenvalue weighted by Crippen LogP contribution is 2.37. The van der Waals surface area contributed by atoms with Gasteiger partial charge in [0.15, 0.2) is 12.2 Å². The van der Waals surface area contributed by atoms with Gasteiger partial charge in [0.05, 0.1) is 53.6 Å². The summed E-state index contributed by atoms with van der Waals surface area (Å²) in [4.78, 5) is 84.9. The summed E-state index contributed by atoms with van der Waals surface area (Å²) in [5, 5.41) is 46.9. The van der Waals surface area contributed by atoms with Crippen LogP contribution >= 0.6 is 34.4 Å². The van der Waals surface area contributed by atoms with E-state index < -0.39 is 52.7 Å². The summed E-state index contributed by atoms with van der Waals surface area (Å²) in [5.74, 6) is 1.52. The first-order valence-electron chi connectivity index (χ1n) is 40.0. The molecule has 0 saturated heterocycles. The average molecular weight is 1780 g/mol. The van der Waals surface area contributed by atoms with Crippen LogP contribution in [0.25, 0.3) is 21.3 Å². The highest BCUT2D eigenvalue weighted by Gasteiger charge is 2.37. The number of hydrogen-bond donors (Lipinski definition) is 6. The van der Waals surface area contributed by atoms with Gasteiger partial charge in [0.1, 0.15) is 62.7 Å². The molecule has 126 heavy (non-hydrogen) atoms. The predicted octanol–water partition coefficient (Wildman–Crippen LogP) is 20.6. The number of alkyl halides is 3. The number of thioether (sulfide) groups is 1. The van der Waals surface area contributed by atoms with E-state index in [4.69, 9.17) is 43.1 Å². The topological polar surface area (TPSA) is 323 Å². The number of thiazole rings is 1. The van der Waals surface area contributed by atoms with Crippen LogP contribution in [0.3, 0.4) is 0 Å². The fourth-order valence-corrected chi connectivity index (χ4v) is 15.3. The van der Waals surface area contributed by atoms with Crippen molar-refractivity contribution in [2.75, 3.05) is 20.3 Å². The van der Waals surface area contributed by atoms with Gasteiger partial charge in [-0.1, -0.05) is 116 Å². The molecule has 2 atom stereocenters. The van der Waals surface area contributed by atoms with Crippen LogP contribution in [0, 0.1) is 39.4 Å². The number of carbonyl (C=O) groups excluding carboxylic acids is 1. The summed E-state index contributed by atoms with van der Waals surface area (Å²) in [6.45, 7) is 14.9. The van der Waals surface area contributed by atoms with E-state index in [0.29, 0.717) is 113 Å². The Morgan fingerprint density at radius 1 is 0.643 bits per heavy atom. The molecule has 0 bridgehead atoms. The van der Waals surface area contributed by atoms with E-state index in [1.54, 1.807) is 103 Å². The number of aromatic nitrogens is 5. The molecule has 0 unspecified atom stereocenters. The molecule has 30 heteroatoms. The number of nitrogens with zero attached hydrogens (tertiary/aromatic N) is 4. The lowest BCUT2D eigenvalue weighted by atomic mass is 9.95. The highest BCUT2D eigenvalue weighted by atomic mass is 32.2. The number of aryl methyl sites for hydroxylation is 6. The van der Waals surface area contributed by atoms with Crippen LogP contribution < -0.4 is 39.4 Å². The van der Waals surface area contributed by atoms with E-state index in [1.807, 2.05) is 155 Å². The molecule has 6 N–H and O–H groups in total. The standard InChI is InChI=1S/C26H26FNO5.C26H25NO5S.C23H27N3O4.C21H18F3NO3S2/c1-3-19(26(30)31)14-18-6-13-24(32-2)23(15-18)25(29)28-16-17-4-9-21(10-5-17)33-22-11-7-20(27)8-12-22;1-18-22(27-24(31-18)23-9-6-16-33-23)14-15-30-20-12-10-19(11-13-20)17-26(2,25(28)29)32-21-7-4-3-5-8-21;1-16-7-9-18(10-8-16)15-26-22(29)24-20(25-26)6-4-5-17-11-13-19(14-12-17)30-23(2,3)21(27)28;1-12-9-16(7-8-17(12)28-10-19(26)27)29-11-18-13(2)25-20(30-18)14-3-5-15(6-4-14)21(22,23)24/h4-13,15,19H,3,14,16H2,1-2H3,(H,28,29)(H,30,31);3-13,16H,14-15,17H2,1-2H3,(H,28,29);7-14H,4-6,15H2,1-3H3,(H,27,28)(H,24,25,29);3-9H,10-11H2,1-2H3,(H,26,27)/t19-;26-;;/m00../s1. The molecule has 1 amide bonds. The van der Waals surface area contributed by atoms with Gasteiger partial charge < -0.3 is 58.6 Å². The molecule has 0 spiro atoms. The predicted molar refractivity (Wildman–Crippen MR) is 474 cm³/mol. The van der Waals surface area contributed by atoms with Crippen molar-refractivity contribution in [1.29, 1.82) is 0 Å². The lowest BCUT2D eigenvalue weighted by molar-refractivity contribution is -0.154. The summed E-state index contributed by atoms with van der Waals surface area (Å²) in [7, 11) is 1.48. The second-order valence-corrected chi connectivity index (χ2v) is 33.0. The number of methoxy groups -OCH3 is 1. The minimum atomic E-state index is -4.36. The van der Waals surface area contributed by atoms with Crippen molar-refractivity contribution in [3.63, 3.8) is 0 Å². The first kappa shape index (κ1) is 94.9. The second kappa shape index (κ2) is 44.8. The monoisotopic (exact) mass is 1780 g/mol. The maximum atomic E-state index is 13.0. The maximum Gasteiger partial charge on any atom is 0.416 e. The Balaban J connectivity index is 0.000000176. The van der Waals surface area contributed by atoms with Gasteiger partial charge >= 0.3 is 35.7 Å². The Morgan fingerprint density at radius 2 is 1.27 bits per heavy atom. The van der Waals surface area contributed by atoms with E-state index in [0.717, 1.165) is 90.2 Å². The number of thiophene rings is 1. The average Bonchev–Trinajstić information content (AvgIpc) is 0.938. The normalized spacial score (nSPS) is 11.8. The number of ether oxygens (including phenoxy) is 6. The smallest absolute Gasteiger partial charge is 0.416 e. The lowest BCUT2D eigenvalue weighted by Gasteiger charge is -2.26. The van der Waals surface area contributed by atoms with Gasteiger partial charge in [-0.05, 0) is 234 Å². The summed E-state index contributed by atoms with van der Waals surface area (Å²) in [6.07, 6.45) is -0.347. The van der Waals surface area contributed by atoms with Crippen LogP contribution in [0.4, 0.5) is 17.6 Å². The van der Waals surface area contributed by atoms with Gasteiger partial charge in [-0.2, -0.15) is 18.3 Å². The van der Waals surface area contributed by atoms with Gasteiger partial charge in [0.2, 0.25) is 11.5 Å². The molecule has 4 heterocycles. The molecular weight excluding hydrogens is 1680 g/mol. The van der Waals surface area contributed by atoms with E-state index in [9.17, 15) is 56.5 Å². The summed E-state index contributed by atoms with van der Waals surface area (Å²) < 4.78 is 91.8. The molecular formula is C96H96F4N6O17S3. The number of hydrogen-bond acceptors (Lipinski definition) is 19.